The van der Waals surface area contributed by atoms with Crippen molar-refractivity contribution in [1.29, 1.82) is 0 Å². The van der Waals surface area contributed by atoms with Crippen LogP contribution in [0.25, 0.3) is 0 Å². The van der Waals surface area contributed by atoms with E-state index in [0.717, 1.165) is 18.6 Å². The van der Waals surface area contributed by atoms with Gasteiger partial charge in [-0.25, -0.2) is 0 Å². The normalized spacial score (nSPS) is 26.6. The number of ether oxygens (including phenoxy) is 1. The summed E-state index contributed by atoms with van der Waals surface area (Å²) in [5.74, 6) is 1.02. The Bertz CT molecular complexity index is 449. The van der Waals surface area contributed by atoms with Crippen molar-refractivity contribution < 1.29 is 4.74 Å². The number of benzene rings is 1. The third-order valence-corrected chi connectivity index (χ3v) is 4.92. The number of likely N-dealkylation sites (tertiary alicyclic amines) is 1. The van der Waals surface area contributed by atoms with Crippen molar-refractivity contribution in [3.8, 4) is 5.75 Å². The molecular weight excluding hydrogens is 296 g/mol. The molecule has 1 aromatic carbocycles. The van der Waals surface area contributed by atoms with E-state index in [9.17, 15) is 0 Å². The fourth-order valence-electron chi connectivity index (χ4n) is 3.54. The van der Waals surface area contributed by atoms with Crippen molar-refractivity contribution in [1.82, 2.24) is 10.2 Å². The van der Waals surface area contributed by atoms with E-state index >= 15 is 0 Å². The number of nitrogens with one attached hydrogen (secondary N) is 1. The maximum atomic E-state index is 6.11. The Morgan fingerprint density at radius 2 is 1.91 bits per heavy atom. The highest BCUT2D eigenvalue weighted by atomic mass is 35.5. The van der Waals surface area contributed by atoms with E-state index in [0.29, 0.717) is 11.5 Å². The molecule has 0 radical (unpaired) electrons. The molecular formula is C18H29ClN2O. The number of hydrogen-bond donors (Lipinski definition) is 1. The van der Waals surface area contributed by atoms with Gasteiger partial charge in [0.15, 0.2) is 0 Å². The van der Waals surface area contributed by atoms with E-state index in [2.05, 4.69) is 48.3 Å². The SMILES string of the molecule is Cc1ccc(OC2CCN(CC3(C)CCNC3)CC2)cc1.Cl. The highest BCUT2D eigenvalue weighted by Gasteiger charge is 2.32. The summed E-state index contributed by atoms with van der Waals surface area (Å²) >= 11 is 0. The number of halogens is 1. The Hall–Kier alpha value is -0.770. The first-order valence-corrected chi connectivity index (χ1v) is 8.29. The number of hydrogen-bond acceptors (Lipinski definition) is 3. The van der Waals surface area contributed by atoms with Crippen LogP contribution >= 0.6 is 12.4 Å². The second-order valence-corrected chi connectivity index (χ2v) is 7.14. The molecule has 1 aromatic rings. The molecule has 0 aromatic heterocycles. The van der Waals surface area contributed by atoms with Gasteiger partial charge < -0.3 is 15.0 Å². The minimum absolute atomic E-state index is 0. The van der Waals surface area contributed by atoms with E-state index in [1.54, 1.807) is 0 Å². The minimum atomic E-state index is 0. The molecule has 2 aliphatic heterocycles. The lowest BCUT2D eigenvalue weighted by Crippen LogP contribution is -2.44. The smallest absolute Gasteiger partial charge is 0.119 e. The number of rotatable bonds is 4. The molecule has 0 bridgehead atoms. The number of nitrogens with zero attached hydrogens (tertiary/aromatic N) is 1. The van der Waals surface area contributed by atoms with Crippen molar-refractivity contribution in [3.63, 3.8) is 0 Å². The molecule has 0 saturated carbocycles. The monoisotopic (exact) mass is 324 g/mol. The Morgan fingerprint density at radius 3 is 2.50 bits per heavy atom. The van der Waals surface area contributed by atoms with Crippen LogP contribution in [0.4, 0.5) is 0 Å². The molecule has 1 N–H and O–H groups in total. The fraction of sp³-hybridized carbons (Fsp3) is 0.667. The van der Waals surface area contributed by atoms with E-state index in [-0.39, 0.29) is 12.4 Å². The van der Waals surface area contributed by atoms with Gasteiger partial charge >= 0.3 is 0 Å². The molecule has 3 rings (SSSR count). The fourth-order valence-corrected chi connectivity index (χ4v) is 3.54. The summed E-state index contributed by atoms with van der Waals surface area (Å²) in [6, 6.07) is 8.43. The summed E-state index contributed by atoms with van der Waals surface area (Å²) in [6.45, 7) is 10.5. The van der Waals surface area contributed by atoms with E-state index in [1.807, 2.05) is 0 Å². The largest absolute Gasteiger partial charge is 0.490 e. The molecule has 0 amide bonds. The third kappa shape index (κ3) is 4.61. The van der Waals surface area contributed by atoms with Gasteiger partial charge in [-0.2, -0.15) is 0 Å². The van der Waals surface area contributed by atoms with Gasteiger partial charge in [-0.05, 0) is 50.3 Å². The van der Waals surface area contributed by atoms with Gasteiger partial charge in [-0.1, -0.05) is 24.6 Å². The molecule has 2 heterocycles. The first-order valence-electron chi connectivity index (χ1n) is 8.29. The van der Waals surface area contributed by atoms with Crippen molar-refractivity contribution in [2.24, 2.45) is 5.41 Å². The number of aryl methyl sites for hydroxylation is 1. The minimum Gasteiger partial charge on any atom is -0.490 e. The lowest BCUT2D eigenvalue weighted by Gasteiger charge is -2.37. The first kappa shape index (κ1) is 17.6. The van der Waals surface area contributed by atoms with Crippen LogP contribution in [0.1, 0.15) is 31.7 Å². The van der Waals surface area contributed by atoms with E-state index < -0.39 is 0 Å². The van der Waals surface area contributed by atoms with E-state index in [4.69, 9.17) is 4.74 Å². The highest BCUT2D eigenvalue weighted by molar-refractivity contribution is 5.85. The van der Waals surface area contributed by atoms with Crippen LogP contribution < -0.4 is 10.1 Å². The predicted octanol–water partition coefficient (Wildman–Crippen LogP) is 3.26. The van der Waals surface area contributed by atoms with Gasteiger partial charge in [0.05, 0.1) is 0 Å². The Morgan fingerprint density at radius 1 is 1.23 bits per heavy atom. The lowest BCUT2D eigenvalue weighted by molar-refractivity contribution is 0.0775. The van der Waals surface area contributed by atoms with Crippen LogP contribution in [-0.2, 0) is 0 Å². The molecule has 124 valence electrons. The van der Waals surface area contributed by atoms with Crippen molar-refractivity contribution >= 4 is 12.4 Å². The highest BCUT2D eigenvalue weighted by Crippen LogP contribution is 2.27. The molecule has 3 nitrogen and oxygen atoms in total. The molecule has 0 spiro atoms. The van der Waals surface area contributed by atoms with Crippen LogP contribution in [0.5, 0.6) is 5.75 Å². The summed E-state index contributed by atoms with van der Waals surface area (Å²) in [5.41, 5.74) is 1.76. The summed E-state index contributed by atoms with van der Waals surface area (Å²) in [6.07, 6.45) is 4.00. The second-order valence-electron chi connectivity index (χ2n) is 7.14. The van der Waals surface area contributed by atoms with Gasteiger partial charge in [0.25, 0.3) is 0 Å². The molecule has 4 heteroatoms. The summed E-state index contributed by atoms with van der Waals surface area (Å²) < 4.78 is 6.11. The zero-order valence-electron chi connectivity index (χ0n) is 13.8. The van der Waals surface area contributed by atoms with Gasteiger partial charge in [0.1, 0.15) is 11.9 Å². The third-order valence-electron chi connectivity index (χ3n) is 4.92. The van der Waals surface area contributed by atoms with Crippen LogP contribution in [0.3, 0.4) is 0 Å². The summed E-state index contributed by atoms with van der Waals surface area (Å²) in [5, 5.41) is 3.50. The van der Waals surface area contributed by atoms with Crippen LogP contribution in [-0.4, -0.2) is 43.7 Å². The molecule has 2 fully saturated rings. The second kappa shape index (κ2) is 7.67. The first-order chi connectivity index (χ1) is 10.1. The van der Waals surface area contributed by atoms with Crippen molar-refractivity contribution in [3.05, 3.63) is 29.8 Å². The van der Waals surface area contributed by atoms with Crippen molar-refractivity contribution in [2.45, 2.75) is 39.2 Å². The lowest BCUT2D eigenvalue weighted by atomic mass is 9.88. The zero-order valence-corrected chi connectivity index (χ0v) is 14.6. The quantitative estimate of drug-likeness (QED) is 0.920. The molecule has 1 unspecified atom stereocenters. The van der Waals surface area contributed by atoms with E-state index in [1.165, 1.54) is 44.7 Å². The Labute approximate surface area is 140 Å². The predicted molar refractivity (Wildman–Crippen MR) is 94.1 cm³/mol. The Balaban J connectivity index is 0.00000176. The molecule has 22 heavy (non-hydrogen) atoms. The van der Waals surface area contributed by atoms with Crippen molar-refractivity contribution in [2.75, 3.05) is 32.7 Å². The standard InChI is InChI=1S/C18H28N2O.ClH/c1-15-3-5-16(6-4-15)21-17-7-11-20(12-8-17)14-18(2)9-10-19-13-18;/h3-6,17,19H,7-14H2,1-2H3;1H. The summed E-state index contributed by atoms with van der Waals surface area (Å²) in [7, 11) is 0. The topological polar surface area (TPSA) is 24.5 Å². The molecule has 2 saturated heterocycles. The van der Waals surface area contributed by atoms with Gasteiger partial charge in [0.2, 0.25) is 0 Å². The average molecular weight is 325 g/mol. The molecule has 1 atom stereocenters. The van der Waals surface area contributed by atoms with Crippen LogP contribution in [0.2, 0.25) is 0 Å². The summed E-state index contributed by atoms with van der Waals surface area (Å²) in [4.78, 5) is 2.63. The Kier molecular flexibility index (Phi) is 6.13. The number of piperidine rings is 1. The van der Waals surface area contributed by atoms with Gasteiger partial charge in [-0.15, -0.1) is 12.4 Å². The zero-order chi connectivity index (χ0) is 14.7. The molecule has 0 aliphatic carbocycles. The van der Waals surface area contributed by atoms with Crippen LogP contribution in [0, 0.1) is 12.3 Å². The molecule has 2 aliphatic rings. The maximum Gasteiger partial charge on any atom is 0.119 e. The van der Waals surface area contributed by atoms with Gasteiger partial charge in [-0.3, -0.25) is 0 Å². The van der Waals surface area contributed by atoms with Gasteiger partial charge in [0, 0.05) is 26.2 Å². The average Bonchev–Trinajstić information content (AvgIpc) is 2.90. The maximum absolute atomic E-state index is 6.11. The van der Waals surface area contributed by atoms with Crippen LogP contribution in [0.15, 0.2) is 24.3 Å².